The van der Waals surface area contributed by atoms with E-state index in [0.717, 1.165) is 49.2 Å². The lowest BCUT2D eigenvalue weighted by molar-refractivity contribution is 0.0705. The van der Waals surface area contributed by atoms with Gasteiger partial charge >= 0.3 is 0 Å². The van der Waals surface area contributed by atoms with E-state index in [2.05, 4.69) is 53.3 Å². The van der Waals surface area contributed by atoms with Crippen LogP contribution in [0.5, 0.6) is 0 Å². The molecule has 178 valence electrons. The Hall–Kier alpha value is -2.73. The summed E-state index contributed by atoms with van der Waals surface area (Å²) in [5, 5.41) is 2.24. The van der Waals surface area contributed by atoms with Gasteiger partial charge in [-0.1, -0.05) is 20.8 Å². The maximum Gasteiger partial charge on any atom is 0.142 e. The highest BCUT2D eigenvalue weighted by Crippen LogP contribution is 2.51. The van der Waals surface area contributed by atoms with Crippen molar-refractivity contribution in [2.24, 2.45) is 5.92 Å². The Labute approximate surface area is 200 Å². The number of ether oxygens (including phenoxy) is 1. The summed E-state index contributed by atoms with van der Waals surface area (Å²) in [5.74, 6) is 1.15. The van der Waals surface area contributed by atoms with Crippen molar-refractivity contribution in [3.63, 3.8) is 0 Å². The molecule has 2 aliphatic rings. The summed E-state index contributed by atoms with van der Waals surface area (Å²) in [6.45, 7) is 8.34. The van der Waals surface area contributed by atoms with Crippen LogP contribution >= 0.6 is 0 Å². The van der Waals surface area contributed by atoms with Crippen LogP contribution < -0.4 is 0 Å². The van der Waals surface area contributed by atoms with Crippen molar-refractivity contribution in [3.8, 4) is 0 Å². The van der Waals surface area contributed by atoms with Crippen LogP contribution in [0.1, 0.15) is 81.5 Å². The highest BCUT2D eigenvalue weighted by molar-refractivity contribution is 5.82. The fourth-order valence-electron chi connectivity index (χ4n) is 5.99. The molecule has 6 heteroatoms. The van der Waals surface area contributed by atoms with Crippen LogP contribution in [0.15, 0.2) is 43.0 Å². The van der Waals surface area contributed by atoms with Gasteiger partial charge in [-0.2, -0.15) is 0 Å². The van der Waals surface area contributed by atoms with E-state index < -0.39 is 0 Å². The molecule has 5 heterocycles. The lowest BCUT2D eigenvalue weighted by atomic mass is 9.95. The molecule has 1 saturated carbocycles. The molecule has 0 N–H and O–H groups in total. The Morgan fingerprint density at radius 2 is 1.79 bits per heavy atom. The van der Waals surface area contributed by atoms with Crippen LogP contribution in [-0.4, -0.2) is 32.3 Å². The van der Waals surface area contributed by atoms with Crippen molar-refractivity contribution < 1.29 is 9.13 Å². The highest BCUT2D eigenvalue weighted by Gasteiger charge is 2.41. The van der Waals surface area contributed by atoms with Gasteiger partial charge in [-0.05, 0) is 72.8 Å². The first kappa shape index (κ1) is 21.8. The first-order valence-electron chi connectivity index (χ1n) is 12.7. The molecule has 4 aromatic rings. The van der Waals surface area contributed by atoms with Gasteiger partial charge in [0.2, 0.25) is 0 Å². The van der Waals surface area contributed by atoms with E-state index >= 15 is 0 Å². The van der Waals surface area contributed by atoms with Crippen LogP contribution in [0.2, 0.25) is 0 Å². The zero-order chi connectivity index (χ0) is 23.4. The summed E-state index contributed by atoms with van der Waals surface area (Å²) in [5.41, 5.74) is 4.61. The van der Waals surface area contributed by atoms with E-state index in [1.54, 1.807) is 6.07 Å². The fourth-order valence-corrected chi connectivity index (χ4v) is 5.99. The molecule has 5 nitrogen and oxygen atoms in total. The quantitative estimate of drug-likeness (QED) is 0.319. The lowest BCUT2D eigenvalue weighted by Crippen LogP contribution is -2.19. The van der Waals surface area contributed by atoms with Crippen LogP contribution in [-0.2, 0) is 4.74 Å². The van der Waals surface area contributed by atoms with Gasteiger partial charge in [0.15, 0.2) is 0 Å². The van der Waals surface area contributed by atoms with Crippen LogP contribution in [0.25, 0.3) is 22.1 Å². The smallest absolute Gasteiger partial charge is 0.142 e. The predicted octanol–water partition coefficient (Wildman–Crippen LogP) is 6.75. The van der Waals surface area contributed by atoms with Crippen LogP contribution in [0.4, 0.5) is 4.39 Å². The number of nitrogens with zero attached hydrogens (tertiary/aromatic N) is 4. The predicted molar refractivity (Wildman–Crippen MR) is 133 cm³/mol. The molecule has 0 aromatic carbocycles. The van der Waals surface area contributed by atoms with Gasteiger partial charge in [-0.15, -0.1) is 0 Å². The van der Waals surface area contributed by atoms with Crippen molar-refractivity contribution in [2.75, 3.05) is 13.2 Å². The highest BCUT2D eigenvalue weighted by atomic mass is 19.1. The van der Waals surface area contributed by atoms with Gasteiger partial charge in [-0.3, -0.25) is 0 Å². The van der Waals surface area contributed by atoms with Crippen LogP contribution in [0, 0.1) is 11.7 Å². The van der Waals surface area contributed by atoms with E-state index in [4.69, 9.17) is 9.72 Å². The molecule has 34 heavy (non-hydrogen) atoms. The Morgan fingerprint density at radius 3 is 2.59 bits per heavy atom. The second-order valence-corrected chi connectivity index (χ2v) is 10.6. The minimum Gasteiger partial charge on any atom is -0.381 e. The molecule has 1 aliphatic heterocycles. The van der Waals surface area contributed by atoms with Crippen molar-refractivity contribution >= 4 is 22.1 Å². The SMILES string of the molecule is CC(C)c1cn(C2CC2CC(C)c2cn(C3CCOCC3)c3ncc(F)cc23)c2ncccc12. The monoisotopic (exact) mass is 460 g/mol. The average Bonchev–Trinajstić information content (AvgIpc) is 3.32. The maximum atomic E-state index is 14.2. The Morgan fingerprint density at radius 1 is 1.03 bits per heavy atom. The van der Waals surface area contributed by atoms with Crippen molar-refractivity contribution in [3.05, 3.63) is 59.9 Å². The molecular formula is C28H33FN4O. The van der Waals surface area contributed by atoms with E-state index in [9.17, 15) is 4.39 Å². The van der Waals surface area contributed by atoms with Gasteiger partial charge in [0.1, 0.15) is 17.1 Å². The minimum absolute atomic E-state index is 0.263. The normalized spacial score (nSPS) is 22.1. The number of rotatable bonds is 6. The van der Waals surface area contributed by atoms with Gasteiger partial charge in [0, 0.05) is 54.7 Å². The Bertz CT molecular complexity index is 1330. The second kappa shape index (κ2) is 8.49. The summed E-state index contributed by atoms with van der Waals surface area (Å²) in [7, 11) is 0. The van der Waals surface area contributed by atoms with E-state index in [0.29, 0.717) is 29.8 Å². The van der Waals surface area contributed by atoms with Crippen LogP contribution in [0.3, 0.4) is 0 Å². The summed E-state index contributed by atoms with van der Waals surface area (Å²) >= 11 is 0. The molecule has 0 bridgehead atoms. The number of fused-ring (bicyclic) bond motifs is 2. The van der Waals surface area contributed by atoms with Crippen molar-refractivity contribution in [1.82, 2.24) is 19.1 Å². The standard InChI is InChI=1S/C28H33FN4O/c1-17(2)24-15-33(27-22(24)5-4-8-30-27)26-12-19(26)11-18(3)25-16-32(21-6-9-34-10-7-21)28-23(25)13-20(29)14-31-28/h4-5,8,13-19,21,26H,6-7,9-12H2,1-3H3. The maximum absolute atomic E-state index is 14.2. The molecule has 3 atom stereocenters. The third-order valence-electron chi connectivity index (χ3n) is 7.92. The van der Waals surface area contributed by atoms with Gasteiger partial charge in [0.05, 0.1) is 6.20 Å². The Balaban J connectivity index is 1.27. The number of aromatic nitrogens is 4. The molecule has 0 amide bonds. The number of hydrogen-bond donors (Lipinski definition) is 0. The summed E-state index contributed by atoms with van der Waals surface area (Å²) in [6.07, 6.45) is 12.0. The van der Waals surface area contributed by atoms with E-state index in [1.807, 2.05) is 12.3 Å². The molecule has 3 unspecified atom stereocenters. The molecule has 0 spiro atoms. The molecule has 4 aromatic heterocycles. The third kappa shape index (κ3) is 3.72. The topological polar surface area (TPSA) is 44.9 Å². The summed E-state index contributed by atoms with van der Waals surface area (Å²) < 4.78 is 24.5. The lowest BCUT2D eigenvalue weighted by Gasteiger charge is -2.24. The van der Waals surface area contributed by atoms with Crippen molar-refractivity contribution in [1.29, 1.82) is 0 Å². The molecule has 0 radical (unpaired) electrons. The first-order chi connectivity index (χ1) is 16.5. The zero-order valence-corrected chi connectivity index (χ0v) is 20.2. The van der Waals surface area contributed by atoms with E-state index in [-0.39, 0.29) is 5.82 Å². The molecule has 1 aliphatic carbocycles. The molecule has 6 rings (SSSR count). The third-order valence-corrected chi connectivity index (χ3v) is 7.92. The fraction of sp³-hybridized carbons (Fsp3) is 0.500. The van der Waals surface area contributed by atoms with Crippen molar-refractivity contribution in [2.45, 2.75) is 70.4 Å². The van der Waals surface area contributed by atoms with Gasteiger partial charge < -0.3 is 13.9 Å². The molecular weight excluding hydrogens is 427 g/mol. The Kier molecular flexibility index (Phi) is 5.44. The first-order valence-corrected chi connectivity index (χ1v) is 12.7. The molecule has 2 fully saturated rings. The molecule has 1 saturated heterocycles. The zero-order valence-electron chi connectivity index (χ0n) is 20.2. The van der Waals surface area contributed by atoms with Gasteiger partial charge in [-0.25, -0.2) is 14.4 Å². The number of halogens is 1. The number of pyridine rings is 2. The summed E-state index contributed by atoms with van der Waals surface area (Å²) in [4.78, 5) is 9.23. The largest absolute Gasteiger partial charge is 0.381 e. The average molecular weight is 461 g/mol. The van der Waals surface area contributed by atoms with E-state index in [1.165, 1.54) is 29.1 Å². The second-order valence-electron chi connectivity index (χ2n) is 10.6. The summed E-state index contributed by atoms with van der Waals surface area (Å²) in [6, 6.07) is 6.77. The minimum atomic E-state index is -0.263. The number of hydrogen-bond acceptors (Lipinski definition) is 3. The van der Waals surface area contributed by atoms with Gasteiger partial charge in [0.25, 0.3) is 0 Å².